The summed E-state index contributed by atoms with van der Waals surface area (Å²) in [6.45, 7) is 7.01. The monoisotopic (exact) mass is 271 g/mol. The maximum Gasteiger partial charge on any atom is 0.0580 e. The average molecular weight is 271 g/mol. The second-order valence-corrected chi connectivity index (χ2v) is 6.69. The maximum absolute atomic E-state index is 10.2. The first-order chi connectivity index (χ1) is 9.04. The molecule has 2 N–H and O–H groups in total. The fourth-order valence-electron chi connectivity index (χ4n) is 3.25. The van der Waals surface area contributed by atoms with E-state index in [1.54, 1.807) is 0 Å². The quantitative estimate of drug-likeness (QED) is 0.667. The molecule has 0 radical (unpaired) electrons. The highest BCUT2D eigenvalue weighted by atomic mass is 16.3. The van der Waals surface area contributed by atoms with Gasteiger partial charge in [0, 0.05) is 13.2 Å². The van der Waals surface area contributed by atoms with E-state index >= 15 is 0 Å². The van der Waals surface area contributed by atoms with E-state index in [2.05, 4.69) is 25.8 Å². The van der Waals surface area contributed by atoms with Crippen LogP contribution in [0.3, 0.4) is 0 Å². The van der Waals surface area contributed by atoms with Crippen LogP contribution in [0.15, 0.2) is 0 Å². The van der Waals surface area contributed by atoms with Crippen molar-refractivity contribution in [2.75, 3.05) is 26.7 Å². The molecule has 1 fully saturated rings. The zero-order chi connectivity index (χ0) is 14.3. The summed E-state index contributed by atoms with van der Waals surface area (Å²) in [4.78, 5) is 2.36. The molecule has 19 heavy (non-hydrogen) atoms. The molecule has 0 aromatic carbocycles. The van der Waals surface area contributed by atoms with Crippen molar-refractivity contribution >= 4 is 0 Å². The molecule has 114 valence electrons. The average Bonchev–Trinajstić information content (AvgIpc) is 2.37. The van der Waals surface area contributed by atoms with Crippen molar-refractivity contribution in [2.24, 2.45) is 17.8 Å². The minimum absolute atomic E-state index is 0.102. The zero-order valence-corrected chi connectivity index (χ0v) is 13.0. The van der Waals surface area contributed by atoms with Crippen LogP contribution in [0.25, 0.3) is 0 Å². The number of unbranched alkanes of at least 4 members (excludes halogenated alkanes) is 2. The molecule has 1 saturated carbocycles. The van der Waals surface area contributed by atoms with E-state index < -0.39 is 0 Å². The summed E-state index contributed by atoms with van der Waals surface area (Å²) in [5.74, 6) is 1.98. The molecule has 3 nitrogen and oxygen atoms in total. The number of aliphatic hydroxyl groups is 2. The van der Waals surface area contributed by atoms with Crippen LogP contribution in [0, 0.1) is 17.8 Å². The van der Waals surface area contributed by atoms with Gasteiger partial charge in [-0.25, -0.2) is 0 Å². The Labute approximate surface area is 119 Å². The molecule has 0 heterocycles. The predicted molar refractivity (Wildman–Crippen MR) is 80.1 cm³/mol. The molecule has 3 heteroatoms. The molecule has 1 aliphatic rings. The van der Waals surface area contributed by atoms with Crippen LogP contribution in [0.1, 0.15) is 52.4 Å². The molecular formula is C16H33NO2. The van der Waals surface area contributed by atoms with Gasteiger partial charge in [-0.2, -0.15) is 0 Å². The van der Waals surface area contributed by atoms with Gasteiger partial charge in [-0.1, -0.05) is 13.8 Å². The van der Waals surface area contributed by atoms with E-state index in [0.29, 0.717) is 12.5 Å². The van der Waals surface area contributed by atoms with Crippen molar-refractivity contribution in [1.29, 1.82) is 0 Å². The second-order valence-electron chi connectivity index (χ2n) is 6.69. The molecule has 0 amide bonds. The van der Waals surface area contributed by atoms with Gasteiger partial charge in [-0.3, -0.25) is 0 Å². The number of aliphatic hydroxyl groups excluding tert-OH is 2. The Hall–Kier alpha value is -0.120. The van der Waals surface area contributed by atoms with Gasteiger partial charge >= 0.3 is 0 Å². The third-order valence-corrected chi connectivity index (χ3v) is 4.67. The van der Waals surface area contributed by atoms with Crippen molar-refractivity contribution < 1.29 is 10.2 Å². The van der Waals surface area contributed by atoms with Gasteiger partial charge in [0.15, 0.2) is 0 Å². The first-order valence-corrected chi connectivity index (χ1v) is 8.02. The van der Waals surface area contributed by atoms with Gasteiger partial charge in [0.2, 0.25) is 0 Å². The van der Waals surface area contributed by atoms with Crippen molar-refractivity contribution in [2.45, 2.75) is 58.5 Å². The number of hydrogen-bond donors (Lipinski definition) is 2. The highest BCUT2D eigenvalue weighted by Crippen LogP contribution is 2.34. The molecule has 0 saturated heterocycles. The van der Waals surface area contributed by atoms with E-state index in [9.17, 15) is 5.11 Å². The number of hydrogen-bond acceptors (Lipinski definition) is 3. The first-order valence-electron chi connectivity index (χ1n) is 8.02. The van der Waals surface area contributed by atoms with Crippen LogP contribution in [0.5, 0.6) is 0 Å². The molecule has 3 atom stereocenters. The second kappa shape index (κ2) is 8.93. The number of nitrogens with zero attached hydrogens (tertiary/aromatic N) is 1. The van der Waals surface area contributed by atoms with E-state index in [4.69, 9.17) is 5.11 Å². The van der Waals surface area contributed by atoms with Gasteiger partial charge in [-0.05, 0) is 69.9 Å². The summed E-state index contributed by atoms with van der Waals surface area (Å²) in [5.41, 5.74) is 0. The van der Waals surface area contributed by atoms with Crippen molar-refractivity contribution in [3.63, 3.8) is 0 Å². The molecular weight excluding hydrogens is 238 g/mol. The predicted octanol–water partition coefficient (Wildman–Crippen LogP) is 2.51. The Kier molecular flexibility index (Phi) is 7.96. The first kappa shape index (κ1) is 16.9. The minimum Gasteiger partial charge on any atom is -0.396 e. The van der Waals surface area contributed by atoms with Crippen LogP contribution in [0.4, 0.5) is 0 Å². The van der Waals surface area contributed by atoms with Gasteiger partial charge in [0.25, 0.3) is 0 Å². The van der Waals surface area contributed by atoms with Gasteiger partial charge in [-0.15, -0.1) is 0 Å². The lowest BCUT2D eigenvalue weighted by molar-refractivity contribution is 0.0222. The topological polar surface area (TPSA) is 43.7 Å². The fraction of sp³-hybridized carbons (Fsp3) is 1.00. The molecule has 0 aromatic heterocycles. The van der Waals surface area contributed by atoms with Crippen LogP contribution >= 0.6 is 0 Å². The molecule has 0 aliphatic heterocycles. The van der Waals surface area contributed by atoms with Gasteiger partial charge < -0.3 is 15.1 Å². The smallest absolute Gasteiger partial charge is 0.0580 e. The summed E-state index contributed by atoms with van der Waals surface area (Å²) < 4.78 is 0. The Morgan fingerprint density at radius 1 is 1.16 bits per heavy atom. The summed E-state index contributed by atoms with van der Waals surface area (Å²) >= 11 is 0. The molecule has 3 unspecified atom stereocenters. The Balaban J connectivity index is 2.28. The van der Waals surface area contributed by atoms with Crippen molar-refractivity contribution in [3.05, 3.63) is 0 Å². The van der Waals surface area contributed by atoms with Crippen molar-refractivity contribution in [1.82, 2.24) is 4.90 Å². The highest BCUT2D eigenvalue weighted by Gasteiger charge is 2.30. The van der Waals surface area contributed by atoms with E-state index in [0.717, 1.165) is 50.6 Å². The molecule has 0 bridgehead atoms. The SMILES string of the molecule is CC(C)C1CCC(O)C(CN(C)CCCCCO)C1. The van der Waals surface area contributed by atoms with Crippen LogP contribution < -0.4 is 0 Å². The van der Waals surface area contributed by atoms with E-state index in [1.165, 1.54) is 12.8 Å². The van der Waals surface area contributed by atoms with Crippen LogP contribution in [-0.4, -0.2) is 48.0 Å². The zero-order valence-electron chi connectivity index (χ0n) is 13.0. The lowest BCUT2D eigenvalue weighted by Crippen LogP contribution is -2.38. The normalized spacial score (nSPS) is 28.3. The highest BCUT2D eigenvalue weighted by molar-refractivity contribution is 4.82. The minimum atomic E-state index is -0.102. The van der Waals surface area contributed by atoms with Crippen molar-refractivity contribution in [3.8, 4) is 0 Å². The Morgan fingerprint density at radius 3 is 2.53 bits per heavy atom. The lowest BCUT2D eigenvalue weighted by Gasteiger charge is -2.37. The molecule has 0 spiro atoms. The van der Waals surface area contributed by atoms with Crippen LogP contribution in [-0.2, 0) is 0 Å². The summed E-state index contributed by atoms with van der Waals surface area (Å²) in [5, 5.41) is 18.9. The Bertz CT molecular complexity index is 233. The molecule has 1 aliphatic carbocycles. The third-order valence-electron chi connectivity index (χ3n) is 4.67. The van der Waals surface area contributed by atoms with Crippen LogP contribution in [0.2, 0.25) is 0 Å². The molecule has 1 rings (SSSR count). The lowest BCUT2D eigenvalue weighted by atomic mass is 9.74. The summed E-state index contributed by atoms with van der Waals surface area (Å²) in [6.07, 6.45) is 6.40. The van der Waals surface area contributed by atoms with E-state index in [-0.39, 0.29) is 6.10 Å². The van der Waals surface area contributed by atoms with Gasteiger partial charge in [0.05, 0.1) is 6.10 Å². The summed E-state index contributed by atoms with van der Waals surface area (Å²) in [6, 6.07) is 0. The fourth-order valence-corrected chi connectivity index (χ4v) is 3.25. The Morgan fingerprint density at radius 2 is 1.89 bits per heavy atom. The summed E-state index contributed by atoms with van der Waals surface area (Å²) in [7, 11) is 2.16. The third kappa shape index (κ3) is 6.24. The molecule has 0 aromatic rings. The number of rotatable bonds is 8. The standard InChI is InChI=1S/C16H33NO2/c1-13(2)14-7-8-16(19)15(11-14)12-17(3)9-5-4-6-10-18/h13-16,18-19H,4-12H2,1-3H3. The van der Waals surface area contributed by atoms with Gasteiger partial charge in [0.1, 0.15) is 0 Å². The maximum atomic E-state index is 10.2. The van der Waals surface area contributed by atoms with E-state index in [1.807, 2.05) is 0 Å². The largest absolute Gasteiger partial charge is 0.396 e.